The molecule has 0 radical (unpaired) electrons. The highest BCUT2D eigenvalue weighted by atomic mass is 32.1. The van der Waals surface area contributed by atoms with Crippen molar-refractivity contribution in [3.8, 4) is 0 Å². The monoisotopic (exact) mass is 275 g/mol. The van der Waals surface area contributed by atoms with Gasteiger partial charge in [-0.1, -0.05) is 18.2 Å². The number of aryl methyl sites for hydroxylation is 1. The number of hydrogen-bond donors (Lipinski definition) is 1. The Kier molecular flexibility index (Phi) is 3.66. The zero-order chi connectivity index (χ0) is 14.0. The molecule has 1 aliphatic heterocycles. The molecule has 1 amide bonds. The third-order valence-electron chi connectivity index (χ3n) is 2.70. The van der Waals surface area contributed by atoms with E-state index >= 15 is 0 Å². The Labute approximate surface area is 116 Å². The van der Waals surface area contributed by atoms with Crippen molar-refractivity contribution < 1.29 is 4.79 Å². The van der Waals surface area contributed by atoms with Crippen LogP contribution in [0.2, 0.25) is 0 Å². The minimum atomic E-state index is -0.749. The SMILES string of the molecule is CC1=NN(C(N)=S)C(=O)[C@H]1N=Nc1ccccc1C. The molecule has 98 valence electrons. The number of hydrogen-bond acceptors (Lipinski definition) is 5. The molecule has 1 atom stereocenters. The lowest BCUT2D eigenvalue weighted by Crippen LogP contribution is -2.37. The van der Waals surface area contributed by atoms with Crippen LogP contribution in [-0.4, -0.2) is 27.8 Å². The van der Waals surface area contributed by atoms with Gasteiger partial charge in [-0.05, 0) is 37.7 Å². The second-order valence-electron chi connectivity index (χ2n) is 4.13. The van der Waals surface area contributed by atoms with E-state index in [2.05, 4.69) is 15.3 Å². The number of thiocarbonyl (C=S) groups is 1. The fraction of sp³-hybridized carbons (Fsp3) is 0.250. The number of amides is 1. The predicted octanol–water partition coefficient (Wildman–Crippen LogP) is 1.91. The van der Waals surface area contributed by atoms with Crippen molar-refractivity contribution >= 4 is 34.6 Å². The Morgan fingerprint density at radius 3 is 2.68 bits per heavy atom. The number of carbonyl (C=O) groups excluding carboxylic acids is 1. The molecular formula is C12H13N5OS. The molecule has 0 aliphatic carbocycles. The van der Waals surface area contributed by atoms with Crippen molar-refractivity contribution in [3.05, 3.63) is 29.8 Å². The summed E-state index contributed by atoms with van der Waals surface area (Å²) >= 11 is 4.74. The normalized spacial score (nSPS) is 19.1. The number of hydrazone groups is 1. The van der Waals surface area contributed by atoms with Gasteiger partial charge >= 0.3 is 0 Å². The standard InChI is InChI=1S/C12H13N5OS/c1-7-5-3-4-6-9(7)14-15-10-8(2)16-17(11(10)18)12(13)19/h3-6,10H,1-2H3,(H2,13,19)/t10-/m0/s1. The molecule has 1 aromatic rings. The Morgan fingerprint density at radius 1 is 1.42 bits per heavy atom. The molecule has 0 spiro atoms. The Bertz CT molecular complexity index is 596. The summed E-state index contributed by atoms with van der Waals surface area (Å²) in [7, 11) is 0. The highest BCUT2D eigenvalue weighted by Gasteiger charge is 2.35. The molecule has 0 saturated carbocycles. The van der Waals surface area contributed by atoms with E-state index in [0.29, 0.717) is 5.71 Å². The van der Waals surface area contributed by atoms with Crippen molar-refractivity contribution in [2.45, 2.75) is 19.9 Å². The van der Waals surface area contributed by atoms with E-state index in [9.17, 15) is 4.79 Å². The van der Waals surface area contributed by atoms with Crippen LogP contribution in [0, 0.1) is 6.92 Å². The molecule has 2 N–H and O–H groups in total. The molecule has 0 bridgehead atoms. The number of nitrogens with two attached hydrogens (primary N) is 1. The van der Waals surface area contributed by atoms with Gasteiger partial charge in [0.2, 0.25) is 0 Å². The minimum Gasteiger partial charge on any atom is -0.374 e. The summed E-state index contributed by atoms with van der Waals surface area (Å²) in [5, 5.41) is 13.0. The predicted molar refractivity (Wildman–Crippen MR) is 76.2 cm³/mol. The first kappa shape index (κ1) is 13.3. The summed E-state index contributed by atoms with van der Waals surface area (Å²) in [5.74, 6) is -0.373. The van der Waals surface area contributed by atoms with Gasteiger partial charge in [0.1, 0.15) is 0 Å². The average Bonchev–Trinajstić information content (AvgIpc) is 2.65. The zero-order valence-corrected chi connectivity index (χ0v) is 11.4. The maximum atomic E-state index is 12.0. The number of benzene rings is 1. The van der Waals surface area contributed by atoms with Crippen LogP contribution >= 0.6 is 12.2 Å². The van der Waals surface area contributed by atoms with Crippen LogP contribution in [0.25, 0.3) is 0 Å². The second-order valence-corrected chi connectivity index (χ2v) is 4.55. The quantitative estimate of drug-likeness (QED) is 0.661. The molecule has 0 saturated heterocycles. The van der Waals surface area contributed by atoms with Crippen molar-refractivity contribution in [3.63, 3.8) is 0 Å². The van der Waals surface area contributed by atoms with E-state index < -0.39 is 6.04 Å². The van der Waals surface area contributed by atoms with Gasteiger partial charge in [0.05, 0.1) is 11.4 Å². The Balaban J connectivity index is 2.21. The Hall–Kier alpha value is -2.15. The summed E-state index contributed by atoms with van der Waals surface area (Å²) in [6.07, 6.45) is 0. The molecule has 0 aromatic heterocycles. The van der Waals surface area contributed by atoms with Gasteiger partial charge in [-0.15, -0.1) is 0 Å². The maximum absolute atomic E-state index is 12.0. The number of rotatable bonds is 2. The number of nitrogens with zero attached hydrogens (tertiary/aromatic N) is 4. The number of azo groups is 1. The Morgan fingerprint density at radius 2 is 2.11 bits per heavy atom. The molecule has 0 unspecified atom stereocenters. The van der Waals surface area contributed by atoms with Gasteiger partial charge in [0.25, 0.3) is 5.91 Å². The lowest BCUT2D eigenvalue weighted by atomic mass is 10.2. The zero-order valence-electron chi connectivity index (χ0n) is 10.6. The van der Waals surface area contributed by atoms with Crippen LogP contribution < -0.4 is 5.73 Å². The summed E-state index contributed by atoms with van der Waals surface area (Å²) in [4.78, 5) is 12.0. The molecule has 7 heteroatoms. The topological polar surface area (TPSA) is 83.4 Å². The van der Waals surface area contributed by atoms with Crippen LogP contribution in [0.4, 0.5) is 5.69 Å². The van der Waals surface area contributed by atoms with Crippen LogP contribution in [-0.2, 0) is 4.79 Å². The largest absolute Gasteiger partial charge is 0.374 e. The van der Waals surface area contributed by atoms with Gasteiger partial charge < -0.3 is 5.73 Å². The molecule has 19 heavy (non-hydrogen) atoms. The van der Waals surface area contributed by atoms with Crippen molar-refractivity contribution in [2.24, 2.45) is 21.1 Å². The van der Waals surface area contributed by atoms with Gasteiger partial charge in [-0.2, -0.15) is 20.3 Å². The van der Waals surface area contributed by atoms with Gasteiger partial charge in [0, 0.05) is 0 Å². The average molecular weight is 275 g/mol. The van der Waals surface area contributed by atoms with Crippen LogP contribution in [0.5, 0.6) is 0 Å². The van der Waals surface area contributed by atoms with Crippen LogP contribution in [0.1, 0.15) is 12.5 Å². The summed E-state index contributed by atoms with van der Waals surface area (Å²) in [6, 6.07) is 6.78. The minimum absolute atomic E-state index is 0.0852. The smallest absolute Gasteiger partial charge is 0.282 e. The fourth-order valence-corrected chi connectivity index (χ4v) is 1.77. The molecule has 6 nitrogen and oxygen atoms in total. The molecule has 1 aromatic carbocycles. The van der Waals surface area contributed by atoms with E-state index in [1.807, 2.05) is 31.2 Å². The fourth-order valence-electron chi connectivity index (χ4n) is 1.64. The third-order valence-corrected chi connectivity index (χ3v) is 2.87. The van der Waals surface area contributed by atoms with E-state index in [-0.39, 0.29) is 11.0 Å². The lowest BCUT2D eigenvalue weighted by molar-refractivity contribution is -0.126. The summed E-state index contributed by atoms with van der Waals surface area (Å²) in [6.45, 7) is 3.62. The number of carbonyl (C=O) groups is 1. The lowest BCUT2D eigenvalue weighted by Gasteiger charge is -2.08. The van der Waals surface area contributed by atoms with Gasteiger partial charge in [-0.3, -0.25) is 4.79 Å². The molecular weight excluding hydrogens is 262 g/mol. The van der Waals surface area contributed by atoms with E-state index in [1.54, 1.807) is 6.92 Å². The molecule has 1 aliphatic rings. The third kappa shape index (κ3) is 2.65. The van der Waals surface area contributed by atoms with Crippen molar-refractivity contribution in [2.75, 3.05) is 0 Å². The van der Waals surface area contributed by atoms with E-state index in [0.717, 1.165) is 16.3 Å². The highest BCUT2D eigenvalue weighted by molar-refractivity contribution is 7.80. The second kappa shape index (κ2) is 5.23. The van der Waals surface area contributed by atoms with Crippen molar-refractivity contribution in [1.82, 2.24) is 5.01 Å². The van der Waals surface area contributed by atoms with Crippen LogP contribution in [0.3, 0.4) is 0 Å². The first-order chi connectivity index (χ1) is 9.00. The molecule has 1 heterocycles. The highest BCUT2D eigenvalue weighted by Crippen LogP contribution is 2.20. The first-order valence-corrected chi connectivity index (χ1v) is 6.06. The molecule has 0 fully saturated rings. The maximum Gasteiger partial charge on any atom is 0.282 e. The van der Waals surface area contributed by atoms with Gasteiger partial charge in [0.15, 0.2) is 11.2 Å². The first-order valence-electron chi connectivity index (χ1n) is 5.65. The van der Waals surface area contributed by atoms with Gasteiger partial charge in [-0.25, -0.2) is 0 Å². The summed E-state index contributed by atoms with van der Waals surface area (Å²) < 4.78 is 0. The van der Waals surface area contributed by atoms with Crippen molar-refractivity contribution in [1.29, 1.82) is 0 Å². The van der Waals surface area contributed by atoms with E-state index in [4.69, 9.17) is 18.0 Å². The molecule has 2 rings (SSSR count). The summed E-state index contributed by atoms with van der Waals surface area (Å²) in [5.41, 5.74) is 7.63. The van der Waals surface area contributed by atoms with E-state index in [1.165, 1.54) is 0 Å². The van der Waals surface area contributed by atoms with Crippen LogP contribution in [0.15, 0.2) is 39.6 Å².